The standard InChI is InChI=1S/C22H24N4O3/c27-21-12-19(13-24-26(21)15-17-6-2-1-3-7-17)25-10-4-8-18(16-25)22(28)23-14-20-9-5-11-29-20/h1-3,5-7,9,11-13,18H,4,8,10,14-16H2,(H,23,28)/t18-/m0/s1. The minimum atomic E-state index is -0.143. The number of carbonyl (C=O) groups is 1. The third-order valence-electron chi connectivity index (χ3n) is 5.20. The fraction of sp³-hybridized carbons (Fsp3) is 0.318. The van der Waals surface area contributed by atoms with Gasteiger partial charge in [0.2, 0.25) is 5.91 Å². The highest BCUT2D eigenvalue weighted by molar-refractivity contribution is 5.79. The van der Waals surface area contributed by atoms with E-state index in [-0.39, 0.29) is 17.4 Å². The summed E-state index contributed by atoms with van der Waals surface area (Å²) in [4.78, 5) is 27.1. The lowest BCUT2D eigenvalue weighted by atomic mass is 9.97. The maximum atomic E-state index is 12.5. The van der Waals surface area contributed by atoms with Gasteiger partial charge in [-0.15, -0.1) is 0 Å². The SMILES string of the molecule is O=C(NCc1ccco1)[C@H]1CCCN(c2cnn(Cc3ccccc3)c(=O)c2)C1. The molecule has 150 valence electrons. The van der Waals surface area contributed by atoms with Crippen molar-refractivity contribution < 1.29 is 9.21 Å². The summed E-state index contributed by atoms with van der Waals surface area (Å²) < 4.78 is 6.71. The van der Waals surface area contributed by atoms with E-state index in [0.29, 0.717) is 19.6 Å². The number of hydrogen-bond donors (Lipinski definition) is 1. The Bertz CT molecular complexity index is 998. The maximum Gasteiger partial charge on any atom is 0.269 e. The van der Waals surface area contributed by atoms with Crippen molar-refractivity contribution in [3.63, 3.8) is 0 Å². The van der Waals surface area contributed by atoms with Crippen molar-refractivity contribution >= 4 is 11.6 Å². The van der Waals surface area contributed by atoms with Crippen molar-refractivity contribution in [1.29, 1.82) is 0 Å². The Morgan fingerprint density at radius 2 is 2.07 bits per heavy atom. The van der Waals surface area contributed by atoms with Crippen molar-refractivity contribution in [2.75, 3.05) is 18.0 Å². The van der Waals surface area contributed by atoms with E-state index in [1.54, 1.807) is 24.6 Å². The number of anilines is 1. The molecule has 2 aromatic heterocycles. The summed E-state index contributed by atoms with van der Waals surface area (Å²) in [7, 11) is 0. The Morgan fingerprint density at radius 1 is 1.21 bits per heavy atom. The van der Waals surface area contributed by atoms with Gasteiger partial charge in [0.15, 0.2) is 0 Å². The van der Waals surface area contributed by atoms with Crippen LogP contribution in [0.3, 0.4) is 0 Å². The summed E-state index contributed by atoms with van der Waals surface area (Å²) in [6, 6.07) is 15.0. The first-order valence-corrected chi connectivity index (χ1v) is 9.85. The van der Waals surface area contributed by atoms with Crippen LogP contribution in [0, 0.1) is 5.92 Å². The number of hydrogen-bond acceptors (Lipinski definition) is 5. The van der Waals surface area contributed by atoms with Crippen molar-refractivity contribution in [3.05, 3.63) is 82.7 Å². The van der Waals surface area contributed by atoms with Crippen LogP contribution in [-0.2, 0) is 17.9 Å². The second-order valence-electron chi connectivity index (χ2n) is 7.28. The molecule has 1 aliphatic rings. The molecule has 0 radical (unpaired) electrons. The minimum Gasteiger partial charge on any atom is -0.467 e. The molecule has 7 heteroatoms. The van der Waals surface area contributed by atoms with Crippen molar-refractivity contribution in [2.24, 2.45) is 5.92 Å². The van der Waals surface area contributed by atoms with Crippen molar-refractivity contribution in [3.8, 4) is 0 Å². The number of rotatable bonds is 6. The molecule has 1 amide bonds. The molecular weight excluding hydrogens is 368 g/mol. The van der Waals surface area contributed by atoms with E-state index in [1.165, 1.54) is 4.68 Å². The quantitative estimate of drug-likeness (QED) is 0.697. The third-order valence-corrected chi connectivity index (χ3v) is 5.20. The molecule has 1 aliphatic heterocycles. The largest absolute Gasteiger partial charge is 0.467 e. The highest BCUT2D eigenvalue weighted by atomic mass is 16.3. The topological polar surface area (TPSA) is 80.4 Å². The van der Waals surface area contributed by atoms with Gasteiger partial charge < -0.3 is 14.6 Å². The number of aromatic nitrogens is 2. The average Bonchev–Trinajstić information content (AvgIpc) is 3.28. The van der Waals surface area contributed by atoms with E-state index in [1.807, 2.05) is 36.4 Å². The van der Waals surface area contributed by atoms with E-state index < -0.39 is 0 Å². The molecule has 29 heavy (non-hydrogen) atoms. The van der Waals surface area contributed by atoms with Crippen LogP contribution in [-0.4, -0.2) is 28.8 Å². The van der Waals surface area contributed by atoms with Gasteiger partial charge in [0.25, 0.3) is 5.56 Å². The second-order valence-corrected chi connectivity index (χ2v) is 7.28. The summed E-state index contributed by atoms with van der Waals surface area (Å²) in [5.41, 5.74) is 1.65. The zero-order valence-corrected chi connectivity index (χ0v) is 16.2. The fourth-order valence-corrected chi connectivity index (χ4v) is 3.63. The van der Waals surface area contributed by atoms with Crippen LogP contribution in [0.4, 0.5) is 5.69 Å². The smallest absolute Gasteiger partial charge is 0.269 e. The van der Waals surface area contributed by atoms with Gasteiger partial charge in [-0.1, -0.05) is 30.3 Å². The number of carbonyl (C=O) groups excluding carboxylic acids is 1. The van der Waals surface area contributed by atoms with E-state index in [2.05, 4.69) is 15.3 Å². The van der Waals surface area contributed by atoms with Crippen LogP contribution < -0.4 is 15.8 Å². The molecule has 0 aliphatic carbocycles. The molecule has 4 rings (SSSR count). The van der Waals surface area contributed by atoms with Crippen molar-refractivity contribution in [2.45, 2.75) is 25.9 Å². The number of benzene rings is 1. The Balaban J connectivity index is 1.39. The first-order valence-electron chi connectivity index (χ1n) is 9.85. The van der Waals surface area contributed by atoms with Gasteiger partial charge in [-0.2, -0.15) is 5.10 Å². The summed E-state index contributed by atoms with van der Waals surface area (Å²) in [5, 5.41) is 7.27. The molecule has 1 fully saturated rings. The van der Waals surface area contributed by atoms with Crippen LogP contribution >= 0.6 is 0 Å². The Morgan fingerprint density at radius 3 is 2.83 bits per heavy atom. The summed E-state index contributed by atoms with van der Waals surface area (Å²) in [6.45, 7) is 2.22. The molecule has 0 saturated carbocycles. The Labute approximate surface area is 169 Å². The third kappa shape index (κ3) is 4.74. The summed E-state index contributed by atoms with van der Waals surface area (Å²) in [6.07, 6.45) is 5.04. The van der Waals surface area contributed by atoms with Gasteiger partial charge in [0.05, 0.1) is 37.2 Å². The number of piperidine rings is 1. The first-order chi connectivity index (χ1) is 14.2. The molecule has 1 N–H and O–H groups in total. The van der Waals surface area contributed by atoms with Crippen molar-refractivity contribution in [1.82, 2.24) is 15.1 Å². The van der Waals surface area contributed by atoms with Crippen LogP contribution in [0.25, 0.3) is 0 Å². The van der Waals surface area contributed by atoms with Gasteiger partial charge in [0.1, 0.15) is 5.76 Å². The number of furan rings is 1. The maximum absolute atomic E-state index is 12.5. The van der Waals surface area contributed by atoms with Gasteiger partial charge in [-0.3, -0.25) is 9.59 Å². The monoisotopic (exact) mass is 392 g/mol. The lowest BCUT2D eigenvalue weighted by molar-refractivity contribution is -0.125. The second kappa shape index (κ2) is 8.77. The van der Waals surface area contributed by atoms with E-state index >= 15 is 0 Å². The predicted octanol–water partition coefficient (Wildman–Crippen LogP) is 2.42. The lowest BCUT2D eigenvalue weighted by Gasteiger charge is -2.33. The summed E-state index contributed by atoms with van der Waals surface area (Å²) in [5.74, 6) is 0.624. The number of nitrogens with one attached hydrogen (secondary N) is 1. The lowest BCUT2D eigenvalue weighted by Crippen LogP contribution is -2.43. The van der Waals surface area contributed by atoms with E-state index in [4.69, 9.17) is 4.42 Å². The normalized spacial score (nSPS) is 16.6. The van der Waals surface area contributed by atoms with Gasteiger partial charge in [-0.25, -0.2) is 4.68 Å². The molecule has 1 atom stereocenters. The van der Waals surface area contributed by atoms with Crippen LogP contribution in [0.15, 0.2) is 70.2 Å². The molecule has 3 heterocycles. The van der Waals surface area contributed by atoms with Crippen LogP contribution in [0.1, 0.15) is 24.2 Å². The zero-order chi connectivity index (χ0) is 20.1. The summed E-state index contributed by atoms with van der Waals surface area (Å²) >= 11 is 0. The molecule has 7 nitrogen and oxygen atoms in total. The van der Waals surface area contributed by atoms with Gasteiger partial charge in [-0.05, 0) is 30.5 Å². The molecular formula is C22H24N4O3. The molecule has 3 aromatic rings. The minimum absolute atomic E-state index is 0.0106. The average molecular weight is 392 g/mol. The van der Waals surface area contributed by atoms with Gasteiger partial charge >= 0.3 is 0 Å². The predicted molar refractivity (Wildman–Crippen MR) is 110 cm³/mol. The number of amides is 1. The molecule has 1 saturated heterocycles. The molecule has 0 bridgehead atoms. The first kappa shape index (κ1) is 19.0. The van der Waals surface area contributed by atoms with Crippen LogP contribution in [0.5, 0.6) is 0 Å². The number of nitrogens with zero attached hydrogens (tertiary/aromatic N) is 3. The van der Waals surface area contributed by atoms with E-state index in [9.17, 15) is 9.59 Å². The van der Waals surface area contributed by atoms with E-state index in [0.717, 1.165) is 36.4 Å². The Kier molecular flexibility index (Phi) is 5.74. The highest BCUT2D eigenvalue weighted by Crippen LogP contribution is 2.22. The highest BCUT2D eigenvalue weighted by Gasteiger charge is 2.26. The molecule has 0 spiro atoms. The van der Waals surface area contributed by atoms with Crippen LogP contribution in [0.2, 0.25) is 0 Å². The van der Waals surface area contributed by atoms with Gasteiger partial charge in [0, 0.05) is 19.2 Å². The molecule has 0 unspecified atom stereocenters. The fourth-order valence-electron chi connectivity index (χ4n) is 3.63. The molecule has 1 aromatic carbocycles. The zero-order valence-electron chi connectivity index (χ0n) is 16.2. The Hall–Kier alpha value is -3.35.